The molecule has 1 unspecified atom stereocenters. The van der Waals surface area contributed by atoms with Crippen LogP contribution >= 0.6 is 0 Å². The second-order valence-corrected chi connectivity index (χ2v) is 3.66. The summed E-state index contributed by atoms with van der Waals surface area (Å²) in [7, 11) is 0. The van der Waals surface area contributed by atoms with Crippen LogP contribution in [0.5, 0.6) is 0 Å². The van der Waals surface area contributed by atoms with E-state index in [4.69, 9.17) is 11.5 Å². The van der Waals surface area contributed by atoms with Gasteiger partial charge in [-0.1, -0.05) is 19.8 Å². The number of aryl methyl sites for hydroxylation is 1. The summed E-state index contributed by atoms with van der Waals surface area (Å²) in [6, 6.07) is 2.95. The number of nitrogens with one attached hydrogen (secondary N) is 1. The van der Waals surface area contributed by atoms with Gasteiger partial charge in [-0.2, -0.15) is 0 Å². The minimum Gasteiger partial charge on any atom is -0.478 e. The van der Waals surface area contributed by atoms with E-state index in [0.717, 1.165) is 12.1 Å². The fourth-order valence-electron chi connectivity index (χ4n) is 1.41. The van der Waals surface area contributed by atoms with Gasteiger partial charge in [0.15, 0.2) is 0 Å². The molecule has 0 saturated heterocycles. The standard InChI is InChI=1S/C13H16N2O2/c1-4-10(5-2)14-12-8-9(13(16)17)7-11(6-3)15-12/h1,7-8,10H,5-6H2,2-3H3,(H,14,15)(H,16,17). The van der Waals surface area contributed by atoms with E-state index in [-0.39, 0.29) is 11.6 Å². The van der Waals surface area contributed by atoms with Gasteiger partial charge in [0.1, 0.15) is 5.82 Å². The Labute approximate surface area is 101 Å². The smallest absolute Gasteiger partial charge is 0.335 e. The van der Waals surface area contributed by atoms with Gasteiger partial charge >= 0.3 is 5.97 Å². The molecule has 2 N–H and O–H groups in total. The van der Waals surface area contributed by atoms with Crippen molar-refractivity contribution >= 4 is 11.8 Å². The van der Waals surface area contributed by atoms with Gasteiger partial charge < -0.3 is 10.4 Å². The molecule has 1 aromatic heterocycles. The molecule has 0 saturated carbocycles. The minimum absolute atomic E-state index is 0.128. The number of nitrogens with zero attached hydrogens (tertiary/aromatic N) is 1. The van der Waals surface area contributed by atoms with Crippen molar-refractivity contribution in [2.24, 2.45) is 0 Å². The summed E-state index contributed by atoms with van der Waals surface area (Å²) in [4.78, 5) is 15.3. The summed E-state index contributed by atoms with van der Waals surface area (Å²) < 4.78 is 0. The molecule has 1 aromatic rings. The molecule has 0 spiro atoms. The second-order valence-electron chi connectivity index (χ2n) is 3.66. The van der Waals surface area contributed by atoms with Crippen LogP contribution in [-0.4, -0.2) is 22.1 Å². The lowest BCUT2D eigenvalue weighted by Gasteiger charge is -2.12. The number of aromatic carboxylic acids is 1. The number of aromatic nitrogens is 1. The van der Waals surface area contributed by atoms with Crippen LogP contribution in [-0.2, 0) is 6.42 Å². The van der Waals surface area contributed by atoms with Crippen molar-refractivity contribution in [1.29, 1.82) is 0 Å². The van der Waals surface area contributed by atoms with Gasteiger partial charge in [0, 0.05) is 5.69 Å². The van der Waals surface area contributed by atoms with Crippen molar-refractivity contribution in [2.75, 3.05) is 5.32 Å². The molecule has 17 heavy (non-hydrogen) atoms. The third-order valence-corrected chi connectivity index (χ3v) is 2.42. The van der Waals surface area contributed by atoms with E-state index in [0.29, 0.717) is 12.2 Å². The summed E-state index contributed by atoms with van der Waals surface area (Å²) in [5.74, 6) is 2.15. The first kappa shape index (κ1) is 13.0. The first-order chi connectivity index (χ1) is 8.10. The zero-order chi connectivity index (χ0) is 12.8. The maximum Gasteiger partial charge on any atom is 0.335 e. The van der Waals surface area contributed by atoms with Gasteiger partial charge in [0.25, 0.3) is 0 Å². The van der Waals surface area contributed by atoms with E-state index in [1.165, 1.54) is 6.07 Å². The predicted molar refractivity (Wildman–Crippen MR) is 67.1 cm³/mol. The third kappa shape index (κ3) is 3.49. The Morgan fingerprint density at radius 2 is 2.29 bits per heavy atom. The van der Waals surface area contributed by atoms with Crippen molar-refractivity contribution in [2.45, 2.75) is 32.7 Å². The van der Waals surface area contributed by atoms with Crippen LogP contribution in [0.2, 0.25) is 0 Å². The number of pyridine rings is 1. The highest BCUT2D eigenvalue weighted by Gasteiger charge is 2.09. The highest BCUT2D eigenvalue weighted by molar-refractivity contribution is 5.88. The van der Waals surface area contributed by atoms with Crippen molar-refractivity contribution in [3.8, 4) is 12.3 Å². The normalized spacial score (nSPS) is 11.6. The van der Waals surface area contributed by atoms with E-state index < -0.39 is 5.97 Å². The van der Waals surface area contributed by atoms with E-state index in [2.05, 4.69) is 16.2 Å². The first-order valence-corrected chi connectivity index (χ1v) is 5.57. The van der Waals surface area contributed by atoms with Crippen LogP contribution in [0.1, 0.15) is 36.3 Å². The highest BCUT2D eigenvalue weighted by Crippen LogP contribution is 2.13. The summed E-state index contributed by atoms with van der Waals surface area (Å²) >= 11 is 0. The van der Waals surface area contributed by atoms with Crippen molar-refractivity contribution in [3.63, 3.8) is 0 Å². The Hall–Kier alpha value is -2.02. The summed E-state index contributed by atoms with van der Waals surface area (Å²) in [5.41, 5.74) is 0.963. The van der Waals surface area contributed by atoms with Crippen LogP contribution in [0.4, 0.5) is 5.82 Å². The Morgan fingerprint density at radius 3 is 2.76 bits per heavy atom. The Kier molecular flexibility index (Phi) is 4.53. The number of hydrogen-bond donors (Lipinski definition) is 2. The van der Waals surface area contributed by atoms with E-state index in [1.807, 2.05) is 13.8 Å². The quantitative estimate of drug-likeness (QED) is 0.764. The molecule has 0 aliphatic rings. The van der Waals surface area contributed by atoms with Crippen LogP contribution in [0.15, 0.2) is 12.1 Å². The number of terminal acetylenes is 1. The van der Waals surface area contributed by atoms with Crippen LogP contribution in [0.3, 0.4) is 0 Å². The summed E-state index contributed by atoms with van der Waals surface area (Å²) in [6.45, 7) is 3.88. The molecule has 0 fully saturated rings. The van der Waals surface area contributed by atoms with Crippen LogP contribution in [0, 0.1) is 12.3 Å². The van der Waals surface area contributed by atoms with E-state index in [9.17, 15) is 4.79 Å². The van der Waals surface area contributed by atoms with Crippen molar-refractivity contribution in [3.05, 3.63) is 23.4 Å². The lowest BCUT2D eigenvalue weighted by Crippen LogP contribution is -2.17. The Balaban J connectivity index is 3.03. The monoisotopic (exact) mass is 232 g/mol. The fourth-order valence-corrected chi connectivity index (χ4v) is 1.41. The molecule has 0 radical (unpaired) electrons. The van der Waals surface area contributed by atoms with Gasteiger partial charge in [-0.05, 0) is 25.0 Å². The fraction of sp³-hybridized carbons (Fsp3) is 0.385. The first-order valence-electron chi connectivity index (χ1n) is 5.57. The molecule has 0 aliphatic heterocycles. The number of hydrogen-bond acceptors (Lipinski definition) is 3. The molecule has 0 amide bonds. The molecule has 0 aromatic carbocycles. The number of carbonyl (C=O) groups is 1. The number of rotatable bonds is 5. The van der Waals surface area contributed by atoms with E-state index >= 15 is 0 Å². The molecule has 1 atom stereocenters. The van der Waals surface area contributed by atoms with E-state index in [1.54, 1.807) is 6.07 Å². The summed E-state index contributed by atoms with van der Waals surface area (Å²) in [6.07, 6.45) is 6.79. The second kappa shape index (κ2) is 5.90. The maximum atomic E-state index is 11.0. The molecule has 1 heterocycles. The SMILES string of the molecule is C#CC(CC)Nc1cc(C(=O)O)cc(CC)n1. The topological polar surface area (TPSA) is 62.2 Å². The largest absolute Gasteiger partial charge is 0.478 e. The maximum absolute atomic E-state index is 11.0. The van der Waals surface area contributed by atoms with Gasteiger partial charge in [0.2, 0.25) is 0 Å². The van der Waals surface area contributed by atoms with Crippen molar-refractivity contribution < 1.29 is 9.90 Å². The molecular weight excluding hydrogens is 216 g/mol. The Morgan fingerprint density at radius 1 is 1.59 bits per heavy atom. The average Bonchev–Trinajstić information content (AvgIpc) is 2.35. The number of anilines is 1. The molecule has 4 heteroatoms. The number of carboxylic acids is 1. The third-order valence-electron chi connectivity index (χ3n) is 2.42. The zero-order valence-electron chi connectivity index (χ0n) is 10.0. The molecular formula is C13H16N2O2. The molecule has 4 nitrogen and oxygen atoms in total. The van der Waals surface area contributed by atoms with Gasteiger partial charge in [-0.3, -0.25) is 0 Å². The summed E-state index contributed by atoms with van der Waals surface area (Å²) in [5, 5.41) is 12.0. The van der Waals surface area contributed by atoms with Gasteiger partial charge in [0.05, 0.1) is 11.6 Å². The van der Waals surface area contributed by atoms with Crippen molar-refractivity contribution in [1.82, 2.24) is 4.98 Å². The van der Waals surface area contributed by atoms with Crippen LogP contribution in [0.25, 0.3) is 0 Å². The van der Waals surface area contributed by atoms with Gasteiger partial charge in [-0.15, -0.1) is 6.42 Å². The van der Waals surface area contributed by atoms with Crippen LogP contribution < -0.4 is 5.32 Å². The van der Waals surface area contributed by atoms with Gasteiger partial charge in [-0.25, -0.2) is 9.78 Å². The Bertz CT molecular complexity index is 449. The highest BCUT2D eigenvalue weighted by atomic mass is 16.4. The number of carboxylic acid groups (broad SMARTS) is 1. The molecule has 1 rings (SSSR count). The molecule has 0 bridgehead atoms. The lowest BCUT2D eigenvalue weighted by molar-refractivity contribution is 0.0696. The molecule has 0 aliphatic carbocycles. The predicted octanol–water partition coefficient (Wildman–Crippen LogP) is 2.17. The average molecular weight is 232 g/mol. The minimum atomic E-state index is -0.959. The molecule has 90 valence electrons. The lowest BCUT2D eigenvalue weighted by atomic mass is 10.2. The zero-order valence-corrected chi connectivity index (χ0v) is 10.0.